The molecular formula is C17H20Cl2N4O5. The number of anilines is 1. The van der Waals surface area contributed by atoms with Crippen LogP contribution in [0.15, 0.2) is 0 Å². The van der Waals surface area contributed by atoms with E-state index in [4.69, 9.17) is 27.9 Å². The molecule has 0 aromatic carbocycles. The lowest BCUT2D eigenvalue weighted by Crippen LogP contribution is -2.57. The summed E-state index contributed by atoms with van der Waals surface area (Å²) in [5.74, 6) is 0.170. The van der Waals surface area contributed by atoms with Crippen molar-refractivity contribution in [2.45, 2.75) is 31.5 Å². The Kier molecular flexibility index (Phi) is 4.93. The van der Waals surface area contributed by atoms with Crippen molar-refractivity contribution >= 4 is 41.0 Å². The number of ether oxygens (including phenoxy) is 1. The Morgan fingerprint density at radius 2 is 2.00 bits per heavy atom. The highest BCUT2D eigenvalue weighted by atomic mass is 35.5. The Balaban J connectivity index is 1.77. The fourth-order valence-corrected chi connectivity index (χ4v) is 4.38. The van der Waals surface area contributed by atoms with Gasteiger partial charge >= 0.3 is 6.09 Å². The smallest absolute Gasteiger partial charge is 0.407 e. The third-order valence-corrected chi connectivity index (χ3v) is 6.39. The Hall–Kier alpha value is -1.97. The van der Waals surface area contributed by atoms with E-state index >= 15 is 0 Å². The van der Waals surface area contributed by atoms with E-state index in [1.807, 2.05) is 11.8 Å². The molecular weight excluding hydrogens is 411 g/mol. The van der Waals surface area contributed by atoms with Gasteiger partial charge in [-0.25, -0.2) is 9.78 Å². The van der Waals surface area contributed by atoms with Gasteiger partial charge in [-0.1, -0.05) is 23.2 Å². The zero-order chi connectivity index (χ0) is 20.2. The number of carboxylic acid groups (broad SMARTS) is 1. The van der Waals surface area contributed by atoms with Crippen molar-refractivity contribution in [2.75, 3.05) is 37.7 Å². The number of pyridine rings is 1. The number of carbonyl (C=O) groups excluding carboxylic acids is 1. The SMILES string of the molecule is C[C@H]1[C@@H](O)CCN1c1nc(Cl)c(Cl)c2c1C(=O)N1CCN(C(=O)O)CC1CO2. The highest BCUT2D eigenvalue weighted by Crippen LogP contribution is 2.43. The molecule has 2 saturated heterocycles. The molecule has 9 nitrogen and oxygen atoms in total. The summed E-state index contributed by atoms with van der Waals surface area (Å²) >= 11 is 12.5. The third kappa shape index (κ3) is 3.01. The molecule has 1 aromatic heterocycles. The fraction of sp³-hybridized carbons (Fsp3) is 0.588. The first-order valence-corrected chi connectivity index (χ1v) is 9.80. The van der Waals surface area contributed by atoms with Crippen LogP contribution < -0.4 is 9.64 Å². The number of hydrogen-bond donors (Lipinski definition) is 2. The van der Waals surface area contributed by atoms with Gasteiger partial charge in [-0.3, -0.25) is 4.79 Å². The summed E-state index contributed by atoms with van der Waals surface area (Å²) in [5.41, 5.74) is 0.210. The monoisotopic (exact) mass is 430 g/mol. The number of aliphatic hydroxyl groups excluding tert-OH is 1. The van der Waals surface area contributed by atoms with Crippen molar-refractivity contribution in [2.24, 2.45) is 0 Å². The summed E-state index contributed by atoms with van der Waals surface area (Å²) in [5, 5.41) is 19.5. The first-order valence-electron chi connectivity index (χ1n) is 9.05. The zero-order valence-corrected chi connectivity index (χ0v) is 16.7. The summed E-state index contributed by atoms with van der Waals surface area (Å²) in [7, 11) is 0. The van der Waals surface area contributed by atoms with Crippen LogP contribution in [-0.2, 0) is 0 Å². The van der Waals surface area contributed by atoms with Gasteiger partial charge in [0.2, 0.25) is 0 Å². The quantitative estimate of drug-likeness (QED) is 0.650. The lowest BCUT2D eigenvalue weighted by atomic mass is 10.1. The van der Waals surface area contributed by atoms with E-state index in [0.717, 1.165) is 0 Å². The van der Waals surface area contributed by atoms with Gasteiger partial charge < -0.3 is 29.6 Å². The molecule has 4 heterocycles. The highest BCUT2D eigenvalue weighted by molar-refractivity contribution is 6.42. The number of aromatic nitrogens is 1. The topological polar surface area (TPSA) is 106 Å². The molecule has 152 valence electrons. The second kappa shape index (κ2) is 7.13. The van der Waals surface area contributed by atoms with E-state index in [1.54, 1.807) is 4.90 Å². The van der Waals surface area contributed by atoms with Crippen molar-refractivity contribution in [1.29, 1.82) is 0 Å². The molecule has 3 aliphatic heterocycles. The maximum absolute atomic E-state index is 13.4. The number of nitrogens with zero attached hydrogens (tertiary/aromatic N) is 4. The van der Waals surface area contributed by atoms with Crippen LogP contribution in [0.1, 0.15) is 23.7 Å². The van der Waals surface area contributed by atoms with Crippen LogP contribution in [0.2, 0.25) is 10.2 Å². The predicted molar refractivity (Wildman–Crippen MR) is 102 cm³/mol. The fourth-order valence-electron chi connectivity index (χ4n) is 4.02. The van der Waals surface area contributed by atoms with E-state index in [2.05, 4.69) is 4.98 Å². The van der Waals surface area contributed by atoms with Crippen molar-refractivity contribution in [3.8, 4) is 5.75 Å². The van der Waals surface area contributed by atoms with Crippen molar-refractivity contribution < 1.29 is 24.5 Å². The minimum Gasteiger partial charge on any atom is -0.489 e. The van der Waals surface area contributed by atoms with E-state index < -0.39 is 18.2 Å². The van der Waals surface area contributed by atoms with Crippen molar-refractivity contribution in [1.82, 2.24) is 14.8 Å². The molecule has 2 amide bonds. The number of halogens is 2. The molecule has 0 aliphatic carbocycles. The molecule has 0 saturated carbocycles. The molecule has 0 spiro atoms. The summed E-state index contributed by atoms with van der Waals surface area (Å²) in [4.78, 5) is 33.8. The zero-order valence-electron chi connectivity index (χ0n) is 15.1. The van der Waals surface area contributed by atoms with Gasteiger partial charge in [-0.2, -0.15) is 0 Å². The number of hydrogen-bond acceptors (Lipinski definition) is 6. The molecule has 3 aliphatic rings. The predicted octanol–water partition coefficient (Wildman–Crippen LogP) is 1.54. The first-order chi connectivity index (χ1) is 13.3. The number of aliphatic hydroxyl groups is 1. The number of fused-ring (bicyclic) bond motifs is 2. The molecule has 4 rings (SSSR count). The summed E-state index contributed by atoms with van der Waals surface area (Å²) < 4.78 is 5.86. The third-order valence-electron chi connectivity index (χ3n) is 5.67. The summed E-state index contributed by atoms with van der Waals surface area (Å²) in [6, 6.07) is -0.682. The Morgan fingerprint density at radius 1 is 1.25 bits per heavy atom. The van der Waals surface area contributed by atoms with Gasteiger partial charge in [-0.15, -0.1) is 0 Å². The molecule has 0 radical (unpaired) electrons. The van der Waals surface area contributed by atoms with E-state index in [-0.39, 0.29) is 59.7 Å². The molecule has 28 heavy (non-hydrogen) atoms. The Morgan fingerprint density at radius 3 is 2.64 bits per heavy atom. The lowest BCUT2D eigenvalue weighted by Gasteiger charge is -2.38. The molecule has 0 bridgehead atoms. The van der Waals surface area contributed by atoms with Gasteiger partial charge in [0.1, 0.15) is 23.0 Å². The number of carbonyl (C=O) groups is 2. The Bertz CT molecular complexity index is 838. The average molecular weight is 431 g/mol. The largest absolute Gasteiger partial charge is 0.489 e. The maximum Gasteiger partial charge on any atom is 0.407 e. The second-order valence-corrected chi connectivity index (χ2v) is 7.96. The lowest BCUT2D eigenvalue weighted by molar-refractivity contribution is 0.0390. The van der Waals surface area contributed by atoms with Crippen LogP contribution in [0.3, 0.4) is 0 Å². The summed E-state index contributed by atoms with van der Waals surface area (Å²) in [6.07, 6.45) is -1.02. The van der Waals surface area contributed by atoms with Gasteiger partial charge in [0, 0.05) is 26.2 Å². The maximum atomic E-state index is 13.4. The van der Waals surface area contributed by atoms with Gasteiger partial charge in [0.25, 0.3) is 5.91 Å². The molecule has 1 unspecified atom stereocenters. The van der Waals surface area contributed by atoms with Crippen LogP contribution in [0, 0.1) is 0 Å². The molecule has 2 N–H and O–H groups in total. The van der Waals surface area contributed by atoms with Crippen LogP contribution in [0.5, 0.6) is 5.75 Å². The van der Waals surface area contributed by atoms with Gasteiger partial charge in [-0.05, 0) is 13.3 Å². The molecule has 2 fully saturated rings. The van der Waals surface area contributed by atoms with Crippen LogP contribution in [0.25, 0.3) is 0 Å². The van der Waals surface area contributed by atoms with E-state index in [0.29, 0.717) is 18.8 Å². The summed E-state index contributed by atoms with van der Waals surface area (Å²) in [6.45, 7) is 3.09. The Labute approximate surface area is 171 Å². The number of amides is 2. The normalized spacial score (nSPS) is 27.2. The number of piperazine rings is 1. The number of rotatable bonds is 1. The van der Waals surface area contributed by atoms with Crippen LogP contribution >= 0.6 is 23.2 Å². The van der Waals surface area contributed by atoms with Gasteiger partial charge in [0.15, 0.2) is 10.9 Å². The van der Waals surface area contributed by atoms with E-state index in [1.165, 1.54) is 4.90 Å². The van der Waals surface area contributed by atoms with Crippen molar-refractivity contribution in [3.63, 3.8) is 0 Å². The minimum absolute atomic E-state index is 0.0174. The molecule has 3 atom stereocenters. The van der Waals surface area contributed by atoms with Crippen LogP contribution in [-0.4, -0.2) is 88.0 Å². The average Bonchev–Trinajstić information content (AvgIpc) is 2.92. The van der Waals surface area contributed by atoms with Gasteiger partial charge in [0.05, 0.1) is 18.2 Å². The minimum atomic E-state index is -1.03. The molecule has 1 aromatic rings. The van der Waals surface area contributed by atoms with Crippen LogP contribution in [0.4, 0.5) is 10.6 Å². The van der Waals surface area contributed by atoms with E-state index in [9.17, 15) is 19.8 Å². The second-order valence-electron chi connectivity index (χ2n) is 7.23. The van der Waals surface area contributed by atoms with Crippen molar-refractivity contribution in [3.05, 3.63) is 15.7 Å². The highest BCUT2D eigenvalue weighted by Gasteiger charge is 2.42. The first kappa shape index (κ1) is 19.4. The standard InChI is InChI=1S/C17H20Cl2N4O5/c1-8-10(24)2-3-22(8)15-11-13(12(18)14(19)20-15)28-7-9-6-21(17(26)27)4-5-23(9)16(11)25/h8-10,24H,2-7H2,1H3,(H,26,27)/t8-,9?,10-/m0/s1. The molecule has 11 heteroatoms.